The quantitative estimate of drug-likeness (QED) is 0.0362. The molecule has 25 heteroatoms. The fraction of sp³-hybridized carbons (Fsp3) is 0.0889. The van der Waals surface area contributed by atoms with Crippen LogP contribution >= 0.6 is 0 Å². The molecule has 0 unspecified atom stereocenters. The summed E-state index contributed by atoms with van der Waals surface area (Å²) in [4.78, 5) is 16.6. The van der Waals surface area contributed by atoms with E-state index in [-0.39, 0.29) is 12.3 Å². The van der Waals surface area contributed by atoms with Crippen molar-refractivity contribution in [3.63, 3.8) is 0 Å². The van der Waals surface area contributed by atoms with Crippen molar-refractivity contribution >= 4 is 33.8 Å². The number of nitrogens with zero attached hydrogens (tertiary/aromatic N) is 2. The first kappa shape index (κ1) is 51.9. The molecule has 0 fully saturated rings. The summed E-state index contributed by atoms with van der Waals surface area (Å²) in [6.45, 7) is 6.30. The van der Waals surface area contributed by atoms with E-state index in [0.717, 1.165) is 16.9 Å². The second-order valence-electron chi connectivity index (χ2n) is 15.0. The molecule has 6 aromatic carbocycles. The highest BCUT2D eigenvalue weighted by atomic mass is 19.2. The van der Waals surface area contributed by atoms with Crippen LogP contribution in [0.3, 0.4) is 0 Å². The van der Waals surface area contributed by atoms with E-state index in [2.05, 4.69) is 24.0 Å². The summed E-state index contributed by atoms with van der Waals surface area (Å²) in [7, 11) is 0. The number of carbonyl (C=O) groups is 1. The lowest BCUT2D eigenvalue weighted by Crippen LogP contribution is -2.81. The van der Waals surface area contributed by atoms with E-state index in [4.69, 9.17) is 4.74 Å². The molecule has 7 rings (SSSR count). The molecular formula is C45H21BF20N2O2. The number of aromatic nitrogens is 2. The summed E-state index contributed by atoms with van der Waals surface area (Å²) in [6.07, 6.45) is -2.17. The van der Waals surface area contributed by atoms with Crippen LogP contribution < -0.4 is 31.2 Å². The highest BCUT2D eigenvalue weighted by Crippen LogP contribution is 2.32. The Hall–Kier alpha value is -7.47. The molecule has 0 saturated heterocycles. The number of benzene rings is 6. The molecule has 0 aliphatic rings. The molecular weight excluding hydrogens is 991 g/mol. The van der Waals surface area contributed by atoms with E-state index in [1.54, 1.807) is 23.2 Å². The van der Waals surface area contributed by atoms with Gasteiger partial charge in [-0.15, -0.1) is 21.9 Å². The summed E-state index contributed by atoms with van der Waals surface area (Å²) in [5.74, 6) is -70.0. The second-order valence-corrected chi connectivity index (χ2v) is 15.0. The van der Waals surface area contributed by atoms with Gasteiger partial charge in [0.15, 0.2) is 76.0 Å². The Morgan fingerprint density at radius 2 is 0.771 bits per heavy atom. The first-order chi connectivity index (χ1) is 32.7. The van der Waals surface area contributed by atoms with Crippen molar-refractivity contribution in [3.8, 4) is 11.6 Å². The van der Waals surface area contributed by atoms with Crippen molar-refractivity contribution in [2.45, 2.75) is 27.3 Å². The maximum absolute atomic E-state index is 15.4. The van der Waals surface area contributed by atoms with Gasteiger partial charge in [-0.3, -0.25) is 4.79 Å². The Morgan fingerprint density at radius 1 is 0.471 bits per heavy atom. The van der Waals surface area contributed by atoms with Crippen LogP contribution in [0.2, 0.25) is 0 Å². The van der Waals surface area contributed by atoms with Crippen LogP contribution in [-0.4, -0.2) is 16.9 Å². The smallest absolute Gasteiger partial charge is 0.392 e. The maximum atomic E-state index is 15.4. The molecule has 0 radical (unpaired) electrons. The Morgan fingerprint density at radius 3 is 1.09 bits per heavy atom. The van der Waals surface area contributed by atoms with Crippen molar-refractivity contribution in [2.75, 3.05) is 0 Å². The normalized spacial score (nSPS) is 11.5. The summed E-state index contributed by atoms with van der Waals surface area (Å²) in [6, 6.07) is 13.4. The van der Waals surface area contributed by atoms with Crippen molar-refractivity contribution < 1.29 is 102 Å². The minimum Gasteiger partial charge on any atom is -0.403 e. The van der Waals surface area contributed by atoms with Crippen LogP contribution in [0.4, 0.5) is 87.8 Å². The maximum Gasteiger partial charge on any atom is 0.392 e. The zero-order chi connectivity index (χ0) is 52.2. The zero-order valence-electron chi connectivity index (χ0n) is 34.8. The van der Waals surface area contributed by atoms with Crippen LogP contribution in [0.25, 0.3) is 0 Å². The fourth-order valence-electron chi connectivity index (χ4n) is 7.77. The largest absolute Gasteiger partial charge is 0.403 e. The molecule has 7 aromatic rings. The van der Waals surface area contributed by atoms with Crippen LogP contribution in [0.5, 0.6) is 11.6 Å². The molecule has 0 atom stereocenters. The predicted octanol–water partition coefficient (Wildman–Crippen LogP) is 9.82. The Kier molecular flexibility index (Phi) is 14.5. The van der Waals surface area contributed by atoms with Crippen LogP contribution in [0.1, 0.15) is 27.0 Å². The number of aryl methyl sites for hydroxylation is 3. The van der Waals surface area contributed by atoms with Gasteiger partial charge < -0.3 is 4.74 Å². The number of carbonyl (C=O) groups excluding carboxylic acids is 1. The highest BCUT2D eigenvalue weighted by molar-refractivity contribution is 7.20. The first-order valence-electron chi connectivity index (χ1n) is 19.2. The summed E-state index contributed by atoms with van der Waals surface area (Å²) >= 11 is 0. The third-order valence-electron chi connectivity index (χ3n) is 10.7. The predicted molar refractivity (Wildman–Crippen MR) is 205 cm³/mol. The van der Waals surface area contributed by atoms with Gasteiger partial charge in [0.2, 0.25) is 12.3 Å². The van der Waals surface area contributed by atoms with E-state index < -0.39 is 144 Å². The van der Waals surface area contributed by atoms with Gasteiger partial charge in [-0.1, -0.05) is 48.0 Å². The van der Waals surface area contributed by atoms with Gasteiger partial charge in [0.25, 0.3) is 0 Å². The van der Waals surface area contributed by atoms with Crippen molar-refractivity contribution in [3.05, 3.63) is 200 Å². The van der Waals surface area contributed by atoms with E-state index in [1.807, 2.05) is 44.2 Å². The molecule has 1 heterocycles. The van der Waals surface area contributed by atoms with Gasteiger partial charge in [0, 0.05) is 5.56 Å². The number of halogens is 20. The molecule has 0 N–H and O–H groups in total. The van der Waals surface area contributed by atoms with Crippen LogP contribution in [-0.2, 0) is 6.54 Å². The van der Waals surface area contributed by atoms with E-state index in [9.17, 15) is 57.5 Å². The molecule has 70 heavy (non-hydrogen) atoms. The Bertz CT molecular complexity index is 2880. The standard InChI is InChI=1S/C24BF20.C21H21N2O2/c26-5-1(6(27)14(35)21(42)13(5)34)25(2-7(28)15(36)22(43)16(37)8(2)29,3-9(30)17(38)23(44)18(39)10(3)31)4-11(32)19(40)24(45)20(41)12(4)33;1-15-11-16(2)21(17(3)12-15)25-20-13-22-9-10-23(20)14-19(24)18-7-5-4-6-8-18/h;4-13H,14H2,1-3H3/q-1;+1. The Labute approximate surface area is 378 Å². The summed E-state index contributed by atoms with van der Waals surface area (Å²) in [5, 5.41) is 0. The average molecular weight is 1010 g/mol. The fourth-order valence-corrected chi connectivity index (χ4v) is 7.77. The van der Waals surface area contributed by atoms with E-state index >= 15 is 35.1 Å². The van der Waals surface area contributed by atoms with Crippen molar-refractivity contribution in [1.29, 1.82) is 0 Å². The number of Topliss-reactive ketones (excluding diaryl/α,β-unsaturated/α-hetero) is 1. The lowest BCUT2D eigenvalue weighted by Gasteiger charge is -2.44. The third-order valence-corrected chi connectivity index (χ3v) is 10.7. The summed E-state index contributed by atoms with van der Waals surface area (Å²) < 4.78 is 302. The SMILES string of the molecule is Cc1cc(C)c(Oc2cncc[n+]2CC(=O)c2ccccc2)c(C)c1.Fc1c(F)c(F)c([B-](c2c(F)c(F)c(F)c(F)c2F)(c2c(F)c(F)c(F)c(F)c2F)c2c(F)c(F)c(F)c(F)c2F)c(F)c1F. The lowest BCUT2D eigenvalue weighted by atomic mass is 9.12. The van der Waals surface area contributed by atoms with Crippen LogP contribution in [0.15, 0.2) is 61.1 Å². The minimum absolute atomic E-state index is 0.0269. The van der Waals surface area contributed by atoms with Crippen LogP contribution in [0, 0.1) is 137 Å². The lowest BCUT2D eigenvalue weighted by molar-refractivity contribution is -0.687. The second kappa shape index (κ2) is 19.5. The number of hydrogen-bond donors (Lipinski definition) is 0. The average Bonchev–Trinajstić information content (AvgIpc) is 3.33. The minimum atomic E-state index is -7.22. The molecule has 4 nitrogen and oxygen atoms in total. The zero-order valence-corrected chi connectivity index (χ0v) is 34.8. The van der Waals surface area contributed by atoms with Gasteiger partial charge in [-0.2, -0.15) is 4.57 Å². The first-order valence-corrected chi connectivity index (χ1v) is 19.2. The molecule has 0 aliphatic carbocycles. The monoisotopic (exact) mass is 1010 g/mol. The third kappa shape index (κ3) is 8.43. The number of ketones is 1. The number of rotatable bonds is 9. The molecule has 366 valence electrons. The molecule has 0 saturated carbocycles. The van der Waals surface area contributed by atoms with Crippen molar-refractivity contribution in [2.24, 2.45) is 0 Å². The summed E-state index contributed by atoms with van der Waals surface area (Å²) in [5.41, 5.74) is -10.3. The number of ether oxygens (including phenoxy) is 1. The topological polar surface area (TPSA) is 43.1 Å². The highest BCUT2D eigenvalue weighted by Gasteiger charge is 2.52. The molecule has 0 amide bonds. The molecule has 0 spiro atoms. The van der Waals surface area contributed by atoms with Gasteiger partial charge in [0.05, 0.1) is 6.20 Å². The van der Waals surface area contributed by atoms with Gasteiger partial charge in [-0.05, 0) is 31.9 Å². The van der Waals surface area contributed by atoms with E-state index in [0.29, 0.717) is 11.4 Å². The Balaban J connectivity index is 0.000000270. The van der Waals surface area contributed by atoms with Gasteiger partial charge in [-0.25, -0.2) is 92.8 Å². The van der Waals surface area contributed by atoms with Crippen molar-refractivity contribution in [1.82, 2.24) is 4.98 Å². The van der Waals surface area contributed by atoms with Gasteiger partial charge in [0.1, 0.15) is 64.6 Å². The molecule has 1 aromatic heterocycles. The molecule has 0 bridgehead atoms. The molecule has 0 aliphatic heterocycles. The van der Waals surface area contributed by atoms with Gasteiger partial charge >= 0.3 is 5.88 Å². The number of hydrogen-bond acceptors (Lipinski definition) is 3. The van der Waals surface area contributed by atoms with E-state index in [1.165, 1.54) is 5.56 Å².